The van der Waals surface area contributed by atoms with Crippen LogP contribution in [-0.4, -0.2) is 10.1 Å². The highest BCUT2D eigenvalue weighted by Crippen LogP contribution is 2.31. The summed E-state index contributed by atoms with van der Waals surface area (Å²) >= 11 is 13.3. The third kappa shape index (κ3) is 2.58. The summed E-state index contributed by atoms with van der Waals surface area (Å²) in [7, 11) is 0. The van der Waals surface area contributed by atoms with Crippen LogP contribution in [0.3, 0.4) is 0 Å². The van der Waals surface area contributed by atoms with Crippen molar-refractivity contribution in [2.24, 2.45) is 0 Å². The van der Waals surface area contributed by atoms with Crippen LogP contribution < -0.4 is 5.73 Å². The van der Waals surface area contributed by atoms with Gasteiger partial charge in [-0.1, -0.05) is 28.4 Å². The minimum atomic E-state index is 0.424. The van der Waals surface area contributed by atoms with Crippen LogP contribution in [0.2, 0.25) is 10.0 Å². The minimum absolute atomic E-state index is 0.424. The summed E-state index contributed by atoms with van der Waals surface area (Å²) in [5.74, 6) is 0.860. The highest BCUT2D eigenvalue weighted by Gasteiger charge is 2.13. The van der Waals surface area contributed by atoms with E-state index in [1.807, 2.05) is 6.07 Å². The maximum Gasteiger partial charge on any atom is 0.268 e. The van der Waals surface area contributed by atoms with Gasteiger partial charge in [0, 0.05) is 15.6 Å². The van der Waals surface area contributed by atoms with Crippen molar-refractivity contribution in [2.75, 3.05) is 5.73 Å². The topological polar surface area (TPSA) is 64.9 Å². The van der Waals surface area contributed by atoms with Crippen molar-refractivity contribution in [3.63, 3.8) is 0 Å². The van der Waals surface area contributed by atoms with Gasteiger partial charge in [0.15, 0.2) is 0 Å². The number of halogens is 2. The Hall–Kier alpha value is -1.56. The van der Waals surface area contributed by atoms with Crippen molar-refractivity contribution >= 4 is 39.5 Å². The lowest BCUT2D eigenvalue weighted by Gasteiger charge is -1.96. The van der Waals surface area contributed by atoms with Crippen LogP contribution in [0.25, 0.3) is 22.2 Å². The Morgan fingerprint density at radius 3 is 2.47 bits per heavy atom. The molecule has 0 bridgehead atoms. The van der Waals surface area contributed by atoms with Crippen LogP contribution in [-0.2, 0) is 0 Å². The number of aromatic nitrogens is 2. The second kappa shape index (κ2) is 4.85. The van der Waals surface area contributed by atoms with Crippen molar-refractivity contribution in [1.82, 2.24) is 10.1 Å². The summed E-state index contributed by atoms with van der Waals surface area (Å²) in [4.78, 5) is 5.13. The summed E-state index contributed by atoms with van der Waals surface area (Å²) in [6.45, 7) is 0. The molecule has 2 aromatic heterocycles. The molecular formula is C12H7Cl2N3OS. The Kier molecular flexibility index (Phi) is 3.18. The van der Waals surface area contributed by atoms with Crippen LogP contribution in [0.1, 0.15) is 0 Å². The number of nitrogens with zero attached hydrogens (tertiary/aromatic N) is 2. The van der Waals surface area contributed by atoms with Crippen molar-refractivity contribution in [2.45, 2.75) is 0 Å². The van der Waals surface area contributed by atoms with E-state index in [4.69, 9.17) is 33.5 Å². The Bertz CT molecular complexity index is 718. The number of thiophene rings is 1. The maximum absolute atomic E-state index is 5.94. The number of nitrogen functional groups attached to an aromatic ring is 1. The van der Waals surface area contributed by atoms with E-state index >= 15 is 0 Å². The third-order valence-corrected chi connectivity index (χ3v) is 3.72. The first kappa shape index (κ1) is 12.5. The molecule has 0 aliphatic rings. The lowest BCUT2D eigenvalue weighted by Crippen LogP contribution is -1.81. The predicted molar refractivity (Wildman–Crippen MR) is 77.5 cm³/mol. The molecule has 1 aromatic carbocycles. The standard InChI is InChI=1S/C12H7Cl2N3OS/c13-7-3-6(4-8(14)5-7)11-16-12(18-17-11)9-1-2-10(15)19-9/h1-5H,15H2. The zero-order valence-electron chi connectivity index (χ0n) is 9.43. The summed E-state index contributed by atoms with van der Waals surface area (Å²) < 4.78 is 5.21. The van der Waals surface area contributed by atoms with Gasteiger partial charge in [0.1, 0.15) is 0 Å². The molecule has 0 fully saturated rings. The summed E-state index contributed by atoms with van der Waals surface area (Å²) in [6.07, 6.45) is 0. The van der Waals surface area contributed by atoms with E-state index in [1.54, 1.807) is 24.3 Å². The van der Waals surface area contributed by atoms with Gasteiger partial charge in [-0.3, -0.25) is 0 Å². The first-order valence-corrected chi connectivity index (χ1v) is 6.85. The molecule has 0 amide bonds. The van der Waals surface area contributed by atoms with Gasteiger partial charge in [-0.2, -0.15) is 4.98 Å². The molecule has 0 radical (unpaired) electrons. The lowest BCUT2D eigenvalue weighted by atomic mass is 10.2. The first-order chi connectivity index (χ1) is 9.11. The number of rotatable bonds is 2. The summed E-state index contributed by atoms with van der Waals surface area (Å²) in [5.41, 5.74) is 6.37. The summed E-state index contributed by atoms with van der Waals surface area (Å²) in [6, 6.07) is 8.73. The van der Waals surface area contributed by atoms with Gasteiger partial charge < -0.3 is 10.3 Å². The highest BCUT2D eigenvalue weighted by molar-refractivity contribution is 7.19. The molecule has 96 valence electrons. The van der Waals surface area contributed by atoms with Crippen LogP contribution in [0.5, 0.6) is 0 Å². The third-order valence-electron chi connectivity index (χ3n) is 2.38. The average Bonchev–Trinajstić information content (AvgIpc) is 2.95. The van der Waals surface area contributed by atoms with E-state index in [1.165, 1.54) is 11.3 Å². The molecular weight excluding hydrogens is 305 g/mol. The molecule has 3 aromatic rings. The predicted octanol–water partition coefficient (Wildman–Crippen LogP) is 4.35. The molecule has 3 rings (SSSR count). The number of nitrogens with two attached hydrogens (primary N) is 1. The van der Waals surface area contributed by atoms with Crippen molar-refractivity contribution in [3.8, 4) is 22.2 Å². The lowest BCUT2D eigenvalue weighted by molar-refractivity contribution is 0.433. The molecule has 0 spiro atoms. The van der Waals surface area contributed by atoms with Crippen LogP contribution in [0.15, 0.2) is 34.9 Å². The fourth-order valence-electron chi connectivity index (χ4n) is 1.59. The molecule has 4 nitrogen and oxygen atoms in total. The normalized spacial score (nSPS) is 10.8. The molecule has 0 unspecified atom stereocenters. The van der Waals surface area contributed by atoms with E-state index in [2.05, 4.69) is 10.1 Å². The van der Waals surface area contributed by atoms with Crippen molar-refractivity contribution < 1.29 is 4.52 Å². The molecule has 19 heavy (non-hydrogen) atoms. The van der Waals surface area contributed by atoms with Gasteiger partial charge in [0.2, 0.25) is 5.82 Å². The van der Waals surface area contributed by atoms with Gasteiger partial charge >= 0.3 is 0 Å². The fourth-order valence-corrected chi connectivity index (χ4v) is 2.81. The van der Waals surface area contributed by atoms with Crippen molar-refractivity contribution in [3.05, 3.63) is 40.4 Å². The number of benzene rings is 1. The molecule has 2 heterocycles. The Morgan fingerprint density at radius 2 is 1.84 bits per heavy atom. The largest absolute Gasteiger partial charge is 0.391 e. The van der Waals surface area contributed by atoms with Gasteiger partial charge in [-0.25, -0.2) is 0 Å². The zero-order valence-corrected chi connectivity index (χ0v) is 11.8. The van der Waals surface area contributed by atoms with Gasteiger partial charge in [-0.15, -0.1) is 11.3 Å². The number of hydrogen-bond donors (Lipinski definition) is 1. The highest BCUT2D eigenvalue weighted by atomic mass is 35.5. The molecule has 0 aliphatic heterocycles. The Labute approximate surface area is 122 Å². The molecule has 0 aliphatic carbocycles. The van der Waals surface area contributed by atoms with Gasteiger partial charge in [0.25, 0.3) is 5.89 Å². The van der Waals surface area contributed by atoms with E-state index in [0.717, 1.165) is 4.88 Å². The van der Waals surface area contributed by atoms with Gasteiger partial charge in [-0.05, 0) is 30.3 Å². The maximum atomic E-state index is 5.94. The molecule has 0 saturated carbocycles. The minimum Gasteiger partial charge on any atom is -0.391 e. The van der Waals surface area contributed by atoms with E-state index in [9.17, 15) is 0 Å². The molecule has 0 saturated heterocycles. The first-order valence-electron chi connectivity index (χ1n) is 5.28. The SMILES string of the molecule is Nc1ccc(-c2nc(-c3cc(Cl)cc(Cl)c3)no2)s1. The van der Waals surface area contributed by atoms with Crippen molar-refractivity contribution in [1.29, 1.82) is 0 Å². The quantitative estimate of drug-likeness (QED) is 0.764. The molecule has 0 atom stereocenters. The Morgan fingerprint density at radius 1 is 1.11 bits per heavy atom. The van der Waals surface area contributed by atoms with E-state index in [0.29, 0.717) is 32.3 Å². The molecule has 2 N–H and O–H groups in total. The van der Waals surface area contributed by atoms with Crippen LogP contribution >= 0.6 is 34.5 Å². The second-order valence-electron chi connectivity index (χ2n) is 3.78. The van der Waals surface area contributed by atoms with Crippen LogP contribution in [0, 0.1) is 0 Å². The molecule has 7 heteroatoms. The fraction of sp³-hybridized carbons (Fsp3) is 0. The van der Waals surface area contributed by atoms with E-state index < -0.39 is 0 Å². The Balaban J connectivity index is 2.01. The smallest absolute Gasteiger partial charge is 0.268 e. The average molecular weight is 312 g/mol. The monoisotopic (exact) mass is 311 g/mol. The van der Waals surface area contributed by atoms with Gasteiger partial charge in [0.05, 0.1) is 9.88 Å². The zero-order chi connectivity index (χ0) is 13.4. The van der Waals surface area contributed by atoms with Crippen LogP contribution in [0.4, 0.5) is 5.00 Å². The number of anilines is 1. The van der Waals surface area contributed by atoms with E-state index in [-0.39, 0.29) is 0 Å². The second-order valence-corrected chi connectivity index (χ2v) is 5.77. The number of hydrogen-bond acceptors (Lipinski definition) is 5. The summed E-state index contributed by atoms with van der Waals surface area (Å²) in [5, 5.41) is 5.66.